The van der Waals surface area contributed by atoms with Crippen molar-refractivity contribution in [2.45, 2.75) is 6.18 Å². The number of carbonyl (C=O) groups excluding carboxylic acids is 2. The number of hydrogen-bond donors (Lipinski definition) is 2. The van der Waals surface area contributed by atoms with Gasteiger partial charge in [0.05, 0.1) is 12.1 Å². The van der Waals surface area contributed by atoms with Crippen LogP contribution in [0.3, 0.4) is 0 Å². The Kier molecular flexibility index (Phi) is 8.38. The maximum absolute atomic E-state index is 12.7. The van der Waals surface area contributed by atoms with E-state index in [1.165, 1.54) is 19.2 Å². The van der Waals surface area contributed by atoms with E-state index in [-0.39, 0.29) is 5.75 Å². The lowest BCUT2D eigenvalue weighted by molar-refractivity contribution is -0.137. The Morgan fingerprint density at radius 2 is 1.69 bits per heavy atom. The van der Waals surface area contributed by atoms with E-state index in [0.29, 0.717) is 5.56 Å². The number of carbonyl (C=O) groups is 2. The molecule has 0 heterocycles. The van der Waals surface area contributed by atoms with Crippen molar-refractivity contribution in [3.05, 3.63) is 71.1 Å². The molecule has 2 rings (SSSR count). The van der Waals surface area contributed by atoms with Crippen LogP contribution in [0.1, 0.15) is 11.1 Å². The first-order valence-corrected chi connectivity index (χ1v) is 10.5. The molecule has 32 heavy (non-hydrogen) atoms. The summed E-state index contributed by atoms with van der Waals surface area (Å²) in [5, 5.41) is 0.942. The minimum absolute atomic E-state index is 0.183. The SMILES string of the molecule is CN(CC(=O)NNC(=O)COc1cccc(C(F)(F)F)c1)S(=O)(=O)C=Cc1ccccc1. The smallest absolute Gasteiger partial charge is 0.416 e. The summed E-state index contributed by atoms with van der Waals surface area (Å²) in [7, 11) is -2.71. The van der Waals surface area contributed by atoms with E-state index in [2.05, 4.69) is 0 Å². The first kappa shape index (κ1) is 24.9. The molecular weight excluding hydrogens is 451 g/mol. The Hall–Kier alpha value is -3.38. The molecule has 0 spiro atoms. The second kappa shape index (κ2) is 10.8. The number of amides is 2. The highest BCUT2D eigenvalue weighted by molar-refractivity contribution is 7.92. The molecule has 8 nitrogen and oxygen atoms in total. The minimum Gasteiger partial charge on any atom is -0.484 e. The maximum Gasteiger partial charge on any atom is 0.416 e. The number of nitrogens with one attached hydrogen (secondary N) is 2. The monoisotopic (exact) mass is 471 g/mol. The number of benzene rings is 2. The summed E-state index contributed by atoms with van der Waals surface area (Å²) in [6, 6.07) is 12.6. The fourth-order valence-electron chi connectivity index (χ4n) is 2.25. The molecule has 172 valence electrons. The predicted octanol–water partition coefficient (Wildman–Crippen LogP) is 2.16. The van der Waals surface area contributed by atoms with E-state index in [1.807, 2.05) is 10.9 Å². The second-order valence-electron chi connectivity index (χ2n) is 6.43. The number of hydrazine groups is 1. The molecular formula is C20H20F3N3O5S. The Morgan fingerprint density at radius 1 is 1.03 bits per heavy atom. The summed E-state index contributed by atoms with van der Waals surface area (Å²) in [6.45, 7) is -1.26. The van der Waals surface area contributed by atoms with Crippen LogP contribution < -0.4 is 15.6 Å². The van der Waals surface area contributed by atoms with Gasteiger partial charge in [0.15, 0.2) is 6.61 Å². The summed E-state index contributed by atoms with van der Waals surface area (Å²) in [6.07, 6.45) is -3.19. The number of ether oxygens (including phenoxy) is 1. The van der Waals surface area contributed by atoms with Gasteiger partial charge in [-0.25, -0.2) is 8.42 Å². The number of sulfonamides is 1. The summed E-state index contributed by atoms with van der Waals surface area (Å²) in [5.74, 6) is -1.88. The van der Waals surface area contributed by atoms with E-state index in [9.17, 15) is 31.2 Å². The van der Waals surface area contributed by atoms with Crippen LogP contribution in [0.4, 0.5) is 13.2 Å². The van der Waals surface area contributed by atoms with Gasteiger partial charge in [-0.2, -0.15) is 17.5 Å². The molecule has 2 N–H and O–H groups in total. The van der Waals surface area contributed by atoms with E-state index >= 15 is 0 Å². The van der Waals surface area contributed by atoms with Crippen LogP contribution in [-0.4, -0.2) is 44.7 Å². The van der Waals surface area contributed by atoms with E-state index < -0.39 is 46.7 Å². The van der Waals surface area contributed by atoms with Gasteiger partial charge in [-0.1, -0.05) is 36.4 Å². The number of likely N-dealkylation sites (N-methyl/N-ethyl adjacent to an activating group) is 1. The van der Waals surface area contributed by atoms with Crippen LogP contribution >= 0.6 is 0 Å². The van der Waals surface area contributed by atoms with Crippen molar-refractivity contribution < 1.29 is 35.9 Å². The quantitative estimate of drug-likeness (QED) is 0.575. The van der Waals surface area contributed by atoms with Crippen molar-refractivity contribution in [2.24, 2.45) is 0 Å². The van der Waals surface area contributed by atoms with Crippen LogP contribution in [0, 0.1) is 0 Å². The minimum atomic E-state index is -4.56. The van der Waals surface area contributed by atoms with Crippen molar-refractivity contribution in [3.63, 3.8) is 0 Å². The molecule has 0 aromatic heterocycles. The summed E-state index contributed by atoms with van der Waals surface area (Å²) < 4.78 is 68.1. The first-order chi connectivity index (χ1) is 15.0. The molecule has 0 aliphatic heterocycles. The van der Waals surface area contributed by atoms with Crippen LogP contribution in [0.5, 0.6) is 5.75 Å². The molecule has 12 heteroatoms. The average molecular weight is 471 g/mol. The van der Waals surface area contributed by atoms with Gasteiger partial charge in [0, 0.05) is 12.5 Å². The third-order valence-corrected chi connectivity index (χ3v) is 5.38. The summed E-state index contributed by atoms with van der Waals surface area (Å²) in [5.41, 5.74) is 3.71. The van der Waals surface area contributed by atoms with Crippen molar-refractivity contribution in [3.8, 4) is 5.75 Å². The molecule has 0 fully saturated rings. The summed E-state index contributed by atoms with van der Waals surface area (Å²) in [4.78, 5) is 23.6. The van der Waals surface area contributed by atoms with Crippen LogP contribution in [0.2, 0.25) is 0 Å². The lowest BCUT2D eigenvalue weighted by Gasteiger charge is -2.15. The zero-order valence-electron chi connectivity index (χ0n) is 16.8. The number of alkyl halides is 3. The van der Waals surface area contributed by atoms with E-state index in [0.717, 1.165) is 27.9 Å². The van der Waals surface area contributed by atoms with Gasteiger partial charge in [0.25, 0.3) is 11.8 Å². The lowest BCUT2D eigenvalue weighted by atomic mass is 10.2. The zero-order chi connectivity index (χ0) is 23.8. The van der Waals surface area contributed by atoms with Gasteiger partial charge >= 0.3 is 6.18 Å². The maximum atomic E-state index is 12.7. The van der Waals surface area contributed by atoms with Crippen LogP contribution in [0.15, 0.2) is 60.0 Å². The highest BCUT2D eigenvalue weighted by atomic mass is 32.2. The van der Waals surface area contributed by atoms with Gasteiger partial charge in [-0.15, -0.1) is 0 Å². The number of rotatable bonds is 8. The van der Waals surface area contributed by atoms with Crippen LogP contribution in [-0.2, 0) is 25.8 Å². The standard InChI is InChI=1S/C20H20F3N3O5S/c1-26(32(29,30)11-10-15-6-3-2-4-7-15)13-18(27)24-25-19(28)14-31-17-9-5-8-16(12-17)20(21,22)23/h2-12H,13-14H2,1H3,(H,24,27)(H,25,28). The third kappa shape index (κ3) is 8.04. The van der Waals surface area contributed by atoms with E-state index in [4.69, 9.17) is 4.74 Å². The number of halogens is 3. The van der Waals surface area contributed by atoms with Crippen LogP contribution in [0.25, 0.3) is 6.08 Å². The Bertz CT molecular complexity index is 1070. The Balaban J connectivity index is 1.79. The highest BCUT2D eigenvalue weighted by Crippen LogP contribution is 2.31. The normalized spacial score (nSPS) is 12.0. The fourth-order valence-corrected chi connectivity index (χ4v) is 3.09. The Morgan fingerprint density at radius 3 is 2.34 bits per heavy atom. The molecule has 2 amide bonds. The highest BCUT2D eigenvalue weighted by Gasteiger charge is 2.30. The van der Waals surface area contributed by atoms with Crippen molar-refractivity contribution in [2.75, 3.05) is 20.2 Å². The first-order valence-electron chi connectivity index (χ1n) is 9.04. The zero-order valence-corrected chi connectivity index (χ0v) is 17.6. The Labute approximate surface area is 182 Å². The van der Waals surface area contributed by atoms with Crippen molar-refractivity contribution in [1.29, 1.82) is 0 Å². The molecule has 0 aliphatic rings. The fraction of sp³-hybridized carbons (Fsp3) is 0.200. The molecule has 0 aliphatic carbocycles. The van der Waals surface area contributed by atoms with Gasteiger partial charge in [0.2, 0.25) is 10.0 Å². The van der Waals surface area contributed by atoms with Crippen molar-refractivity contribution in [1.82, 2.24) is 15.2 Å². The van der Waals surface area contributed by atoms with Gasteiger partial charge in [0.1, 0.15) is 5.75 Å². The molecule has 0 atom stereocenters. The molecule has 0 bridgehead atoms. The second-order valence-corrected chi connectivity index (χ2v) is 8.35. The lowest BCUT2D eigenvalue weighted by Crippen LogP contribution is -2.47. The predicted molar refractivity (Wildman–Crippen MR) is 110 cm³/mol. The number of nitrogens with zero attached hydrogens (tertiary/aromatic N) is 1. The molecule has 2 aromatic carbocycles. The molecule has 0 radical (unpaired) electrons. The van der Waals surface area contributed by atoms with Gasteiger partial charge < -0.3 is 4.74 Å². The van der Waals surface area contributed by atoms with Crippen molar-refractivity contribution >= 4 is 27.9 Å². The van der Waals surface area contributed by atoms with Gasteiger partial charge in [-0.05, 0) is 29.8 Å². The molecule has 0 saturated heterocycles. The molecule has 0 unspecified atom stereocenters. The van der Waals surface area contributed by atoms with E-state index in [1.54, 1.807) is 30.3 Å². The average Bonchev–Trinajstić information content (AvgIpc) is 2.75. The topological polar surface area (TPSA) is 105 Å². The van der Waals surface area contributed by atoms with Gasteiger partial charge in [-0.3, -0.25) is 20.4 Å². The third-order valence-electron chi connectivity index (χ3n) is 3.91. The molecule has 0 saturated carbocycles. The number of hydrogen-bond acceptors (Lipinski definition) is 5. The summed E-state index contributed by atoms with van der Waals surface area (Å²) >= 11 is 0. The largest absolute Gasteiger partial charge is 0.484 e. The molecule has 2 aromatic rings.